The van der Waals surface area contributed by atoms with Gasteiger partial charge in [0.2, 0.25) is 0 Å². The minimum absolute atomic E-state index is 0.394. The number of rotatable bonds is 2. The van der Waals surface area contributed by atoms with Crippen molar-refractivity contribution in [1.82, 2.24) is 4.57 Å². The van der Waals surface area contributed by atoms with Gasteiger partial charge in [0, 0.05) is 12.7 Å². The normalized spacial score (nSPS) is 12.6. The lowest BCUT2D eigenvalue weighted by Crippen LogP contribution is -2.10. The molecule has 0 saturated carbocycles. The average Bonchev–Trinajstić information content (AvgIpc) is 2.46. The Bertz CT molecular complexity index is 315. The molecule has 1 N–H and O–H groups in total. The van der Waals surface area contributed by atoms with E-state index in [1.807, 2.05) is 0 Å². The van der Waals surface area contributed by atoms with Crippen LogP contribution >= 0.6 is 0 Å². The maximum Gasteiger partial charge on any atom is 0.354 e. The second-order valence-electron chi connectivity index (χ2n) is 2.87. The van der Waals surface area contributed by atoms with Crippen LogP contribution in [0.25, 0.3) is 0 Å². The number of carbonyl (C=O) groups is 1. The van der Waals surface area contributed by atoms with E-state index in [4.69, 9.17) is 0 Å². The van der Waals surface area contributed by atoms with Crippen LogP contribution in [0.3, 0.4) is 0 Å². The number of ether oxygens (including phenoxy) is 1. The van der Waals surface area contributed by atoms with Crippen LogP contribution in [0.2, 0.25) is 0 Å². The first-order valence-corrected chi connectivity index (χ1v) is 4.00. The largest absolute Gasteiger partial charge is 0.464 e. The summed E-state index contributed by atoms with van der Waals surface area (Å²) in [6, 6.07) is 3.34. The van der Waals surface area contributed by atoms with Crippen LogP contribution in [-0.4, -0.2) is 22.8 Å². The Hall–Kier alpha value is -1.29. The zero-order valence-corrected chi connectivity index (χ0v) is 7.94. The minimum Gasteiger partial charge on any atom is -0.464 e. The van der Waals surface area contributed by atoms with Gasteiger partial charge in [0.05, 0.1) is 13.2 Å². The van der Waals surface area contributed by atoms with E-state index in [1.165, 1.54) is 7.11 Å². The summed E-state index contributed by atoms with van der Waals surface area (Å²) in [5.74, 6) is -0.394. The maximum atomic E-state index is 11.1. The molecule has 0 amide bonds. The van der Waals surface area contributed by atoms with Crippen LogP contribution in [0.1, 0.15) is 29.2 Å². The summed E-state index contributed by atoms with van der Waals surface area (Å²) in [6.45, 7) is 1.65. The van der Waals surface area contributed by atoms with Gasteiger partial charge >= 0.3 is 5.97 Å². The van der Waals surface area contributed by atoms with Gasteiger partial charge in [0.1, 0.15) is 5.69 Å². The molecule has 0 aliphatic rings. The lowest BCUT2D eigenvalue weighted by atomic mass is 10.3. The van der Waals surface area contributed by atoms with Gasteiger partial charge in [-0.1, -0.05) is 0 Å². The van der Waals surface area contributed by atoms with Gasteiger partial charge in [0.15, 0.2) is 0 Å². The molecular weight excluding hydrogens is 170 g/mol. The summed E-state index contributed by atoms with van der Waals surface area (Å²) in [6.07, 6.45) is -0.580. The molecule has 0 spiro atoms. The highest BCUT2D eigenvalue weighted by Gasteiger charge is 2.14. The van der Waals surface area contributed by atoms with Crippen molar-refractivity contribution in [2.24, 2.45) is 7.05 Å². The molecule has 0 saturated heterocycles. The number of nitrogens with zero attached hydrogens (tertiary/aromatic N) is 1. The second-order valence-corrected chi connectivity index (χ2v) is 2.87. The third-order valence-electron chi connectivity index (χ3n) is 1.98. The van der Waals surface area contributed by atoms with E-state index in [9.17, 15) is 9.90 Å². The standard InChI is InChI=1S/C9H13NO3/c1-6(11)7-4-5-8(10(7)2)9(12)13-3/h4-6,11H,1-3H3/t6-/m1/s1. The molecule has 0 aromatic carbocycles. The number of aromatic nitrogens is 1. The highest BCUT2D eigenvalue weighted by atomic mass is 16.5. The van der Waals surface area contributed by atoms with Crippen molar-refractivity contribution >= 4 is 5.97 Å². The fraction of sp³-hybridized carbons (Fsp3) is 0.444. The van der Waals surface area contributed by atoms with Crippen LogP contribution in [-0.2, 0) is 11.8 Å². The predicted octanol–water partition coefficient (Wildman–Crippen LogP) is 0.865. The van der Waals surface area contributed by atoms with Crippen molar-refractivity contribution in [3.8, 4) is 0 Å². The number of carbonyl (C=O) groups excluding carboxylic acids is 1. The Morgan fingerprint density at radius 2 is 2.23 bits per heavy atom. The minimum atomic E-state index is -0.580. The summed E-state index contributed by atoms with van der Waals surface area (Å²) in [5, 5.41) is 9.30. The fourth-order valence-corrected chi connectivity index (χ4v) is 1.26. The molecule has 0 radical (unpaired) electrons. The summed E-state index contributed by atoms with van der Waals surface area (Å²) in [5.41, 5.74) is 1.14. The summed E-state index contributed by atoms with van der Waals surface area (Å²) in [7, 11) is 3.05. The molecule has 1 heterocycles. The van der Waals surface area contributed by atoms with E-state index in [1.54, 1.807) is 30.7 Å². The molecule has 0 unspecified atom stereocenters. The van der Waals surface area contributed by atoms with E-state index < -0.39 is 12.1 Å². The van der Waals surface area contributed by atoms with Crippen molar-refractivity contribution in [3.63, 3.8) is 0 Å². The van der Waals surface area contributed by atoms with Crippen LogP contribution in [0.4, 0.5) is 0 Å². The molecular formula is C9H13NO3. The molecule has 0 aliphatic carbocycles. The first-order chi connectivity index (χ1) is 6.07. The van der Waals surface area contributed by atoms with Gasteiger partial charge in [-0.3, -0.25) is 0 Å². The Balaban J connectivity index is 3.06. The van der Waals surface area contributed by atoms with Gasteiger partial charge in [-0.25, -0.2) is 4.79 Å². The molecule has 0 fully saturated rings. The number of aliphatic hydroxyl groups is 1. The van der Waals surface area contributed by atoms with Crippen LogP contribution < -0.4 is 0 Å². The van der Waals surface area contributed by atoms with Crippen LogP contribution in [0.5, 0.6) is 0 Å². The van der Waals surface area contributed by atoms with Crippen LogP contribution in [0, 0.1) is 0 Å². The summed E-state index contributed by atoms with van der Waals surface area (Å²) in [4.78, 5) is 11.1. The molecule has 1 aromatic rings. The van der Waals surface area contributed by atoms with Crippen molar-refractivity contribution in [3.05, 3.63) is 23.5 Å². The lowest BCUT2D eigenvalue weighted by Gasteiger charge is -2.07. The summed E-state index contributed by atoms with van der Waals surface area (Å²) >= 11 is 0. The van der Waals surface area contributed by atoms with Crippen LogP contribution in [0.15, 0.2) is 12.1 Å². The number of esters is 1. The first-order valence-electron chi connectivity index (χ1n) is 4.00. The van der Waals surface area contributed by atoms with Crippen molar-refractivity contribution in [2.45, 2.75) is 13.0 Å². The first kappa shape index (κ1) is 9.80. The Labute approximate surface area is 76.7 Å². The molecule has 1 aromatic heterocycles. The monoisotopic (exact) mass is 183 g/mol. The Kier molecular flexibility index (Phi) is 2.72. The quantitative estimate of drug-likeness (QED) is 0.692. The van der Waals surface area contributed by atoms with E-state index in [-0.39, 0.29) is 0 Å². The van der Waals surface area contributed by atoms with E-state index in [0.717, 1.165) is 0 Å². The SMILES string of the molecule is COC(=O)c1ccc([C@@H](C)O)n1C. The molecule has 72 valence electrons. The maximum absolute atomic E-state index is 11.1. The Morgan fingerprint density at radius 3 is 2.62 bits per heavy atom. The number of hydrogen-bond donors (Lipinski definition) is 1. The lowest BCUT2D eigenvalue weighted by molar-refractivity contribution is 0.0588. The fourth-order valence-electron chi connectivity index (χ4n) is 1.26. The number of aliphatic hydroxyl groups excluding tert-OH is 1. The molecule has 13 heavy (non-hydrogen) atoms. The average molecular weight is 183 g/mol. The van der Waals surface area contributed by atoms with Gasteiger partial charge in [-0.2, -0.15) is 0 Å². The smallest absolute Gasteiger partial charge is 0.354 e. The Morgan fingerprint density at radius 1 is 1.62 bits per heavy atom. The molecule has 1 rings (SSSR count). The van der Waals surface area contributed by atoms with Gasteiger partial charge in [-0.05, 0) is 19.1 Å². The van der Waals surface area contributed by atoms with Crippen molar-refractivity contribution in [1.29, 1.82) is 0 Å². The summed E-state index contributed by atoms with van der Waals surface area (Å²) < 4.78 is 6.19. The zero-order chi connectivity index (χ0) is 10.0. The second kappa shape index (κ2) is 3.62. The van der Waals surface area contributed by atoms with E-state index in [0.29, 0.717) is 11.4 Å². The third-order valence-corrected chi connectivity index (χ3v) is 1.98. The molecule has 1 atom stereocenters. The van der Waals surface area contributed by atoms with Gasteiger partial charge in [-0.15, -0.1) is 0 Å². The van der Waals surface area contributed by atoms with Crippen molar-refractivity contribution < 1.29 is 14.6 Å². The third kappa shape index (κ3) is 1.72. The van der Waals surface area contributed by atoms with Gasteiger partial charge < -0.3 is 14.4 Å². The molecule has 4 nitrogen and oxygen atoms in total. The van der Waals surface area contributed by atoms with E-state index >= 15 is 0 Å². The molecule has 0 aliphatic heterocycles. The predicted molar refractivity (Wildman–Crippen MR) is 47.4 cm³/mol. The van der Waals surface area contributed by atoms with Crippen molar-refractivity contribution in [2.75, 3.05) is 7.11 Å². The van der Waals surface area contributed by atoms with Gasteiger partial charge in [0.25, 0.3) is 0 Å². The molecule has 4 heteroatoms. The number of hydrogen-bond acceptors (Lipinski definition) is 3. The highest BCUT2D eigenvalue weighted by molar-refractivity contribution is 5.87. The molecule has 0 bridgehead atoms. The topological polar surface area (TPSA) is 51.5 Å². The highest BCUT2D eigenvalue weighted by Crippen LogP contribution is 2.15. The number of methoxy groups -OCH3 is 1. The zero-order valence-electron chi connectivity index (χ0n) is 7.94. The van der Waals surface area contributed by atoms with E-state index in [2.05, 4.69) is 4.74 Å².